The number of hydrogen-bond donors (Lipinski definition) is 0. The molecule has 2 nitrogen and oxygen atoms in total. The van der Waals surface area contributed by atoms with Crippen molar-refractivity contribution in [3.05, 3.63) is 65.2 Å². The van der Waals surface area contributed by atoms with Crippen molar-refractivity contribution < 1.29 is 9.53 Å². The fraction of sp³-hybridized carbons (Fsp3) is 0.235. The summed E-state index contributed by atoms with van der Waals surface area (Å²) in [4.78, 5) is 12.4. The topological polar surface area (TPSA) is 26.3 Å². The summed E-state index contributed by atoms with van der Waals surface area (Å²) in [6.45, 7) is 2.52. The van der Waals surface area contributed by atoms with Gasteiger partial charge in [-0.15, -0.1) is 0 Å². The van der Waals surface area contributed by atoms with Gasteiger partial charge in [0.2, 0.25) is 0 Å². The highest BCUT2D eigenvalue weighted by atomic mass is 16.5. The molecule has 1 heterocycles. The predicted octanol–water partition coefficient (Wildman–Crippen LogP) is 3.28. The zero-order valence-corrected chi connectivity index (χ0v) is 10.9. The van der Waals surface area contributed by atoms with E-state index in [-0.39, 0.29) is 11.7 Å². The molecule has 1 atom stereocenters. The average Bonchev–Trinajstić information content (AvgIpc) is 2.85. The van der Waals surface area contributed by atoms with Gasteiger partial charge in [0.25, 0.3) is 0 Å². The molecule has 0 bridgehead atoms. The molecule has 0 radical (unpaired) electrons. The summed E-state index contributed by atoms with van der Waals surface area (Å²) in [7, 11) is 0. The maximum absolute atomic E-state index is 12.4. The fourth-order valence-corrected chi connectivity index (χ4v) is 2.55. The Morgan fingerprint density at radius 1 is 1.16 bits per heavy atom. The molecule has 1 unspecified atom stereocenters. The third kappa shape index (κ3) is 2.26. The van der Waals surface area contributed by atoms with Crippen LogP contribution in [0.15, 0.2) is 48.5 Å². The highest BCUT2D eigenvalue weighted by Crippen LogP contribution is 2.34. The molecule has 2 aromatic rings. The molecule has 0 aliphatic carbocycles. The largest absolute Gasteiger partial charge is 0.492 e. The lowest BCUT2D eigenvalue weighted by molar-refractivity contribution is -0.120. The minimum Gasteiger partial charge on any atom is -0.492 e. The molecule has 0 aromatic heterocycles. The molecule has 0 saturated carbocycles. The van der Waals surface area contributed by atoms with E-state index in [9.17, 15) is 4.79 Å². The summed E-state index contributed by atoms with van der Waals surface area (Å²) in [5.74, 6) is 0.973. The maximum Gasteiger partial charge on any atom is 0.148 e. The Labute approximate surface area is 113 Å². The molecule has 19 heavy (non-hydrogen) atoms. The van der Waals surface area contributed by atoms with Crippen molar-refractivity contribution in [2.24, 2.45) is 0 Å². The van der Waals surface area contributed by atoms with Crippen LogP contribution < -0.4 is 4.74 Å². The molecule has 2 aromatic carbocycles. The van der Waals surface area contributed by atoms with Gasteiger partial charge in [0.1, 0.15) is 18.1 Å². The Bertz CT molecular complexity index is 616. The minimum atomic E-state index is -0.115. The van der Waals surface area contributed by atoms with Crippen molar-refractivity contribution in [3.8, 4) is 5.75 Å². The third-order valence-electron chi connectivity index (χ3n) is 3.71. The summed E-state index contributed by atoms with van der Waals surface area (Å²) in [6, 6.07) is 15.9. The van der Waals surface area contributed by atoms with Crippen LogP contribution in [0.25, 0.3) is 0 Å². The van der Waals surface area contributed by atoms with Gasteiger partial charge < -0.3 is 4.74 Å². The maximum atomic E-state index is 12.4. The Morgan fingerprint density at radius 2 is 1.89 bits per heavy atom. The van der Waals surface area contributed by atoms with Crippen molar-refractivity contribution in [3.63, 3.8) is 0 Å². The monoisotopic (exact) mass is 252 g/mol. The average molecular weight is 252 g/mol. The zero-order chi connectivity index (χ0) is 13.2. The van der Waals surface area contributed by atoms with Gasteiger partial charge in [-0.25, -0.2) is 0 Å². The number of fused-ring (bicyclic) bond motifs is 1. The standard InChI is InChI=1S/C17H16O2/c1-12-6-2-3-7-13(12)10-16(18)15-11-19-17-9-5-4-8-14(15)17/h2-9,15H,10-11H2,1H3. The lowest BCUT2D eigenvalue weighted by Crippen LogP contribution is -2.16. The van der Waals surface area contributed by atoms with E-state index in [2.05, 4.69) is 0 Å². The first kappa shape index (κ1) is 12.0. The Balaban J connectivity index is 1.81. The second kappa shape index (κ2) is 4.88. The Morgan fingerprint density at radius 3 is 2.74 bits per heavy atom. The van der Waals surface area contributed by atoms with Crippen LogP contribution in [-0.2, 0) is 11.2 Å². The van der Waals surface area contributed by atoms with Gasteiger partial charge in [0, 0.05) is 12.0 Å². The van der Waals surface area contributed by atoms with E-state index in [4.69, 9.17) is 4.74 Å². The van der Waals surface area contributed by atoms with Crippen LogP contribution in [0, 0.1) is 6.92 Å². The van der Waals surface area contributed by atoms with Crippen LogP contribution in [0.5, 0.6) is 5.75 Å². The van der Waals surface area contributed by atoms with Crippen LogP contribution >= 0.6 is 0 Å². The zero-order valence-electron chi connectivity index (χ0n) is 10.9. The molecule has 0 N–H and O–H groups in total. The highest BCUT2D eigenvalue weighted by Gasteiger charge is 2.29. The molecule has 0 fully saturated rings. The lowest BCUT2D eigenvalue weighted by atomic mass is 9.91. The summed E-state index contributed by atoms with van der Waals surface area (Å²) in [5.41, 5.74) is 3.31. The van der Waals surface area contributed by atoms with Gasteiger partial charge >= 0.3 is 0 Å². The number of carbonyl (C=O) groups is 1. The number of rotatable bonds is 3. The first-order valence-corrected chi connectivity index (χ1v) is 6.54. The molecule has 2 heteroatoms. The van der Waals surface area contributed by atoms with Crippen molar-refractivity contribution in [1.29, 1.82) is 0 Å². The van der Waals surface area contributed by atoms with E-state index in [0.29, 0.717) is 13.0 Å². The molecular weight excluding hydrogens is 236 g/mol. The SMILES string of the molecule is Cc1ccccc1CC(=O)C1COc2ccccc21. The van der Waals surface area contributed by atoms with Crippen LogP contribution in [0.3, 0.4) is 0 Å². The van der Waals surface area contributed by atoms with Gasteiger partial charge in [0.05, 0.1) is 5.92 Å². The van der Waals surface area contributed by atoms with E-state index in [1.807, 2.05) is 55.5 Å². The second-order valence-electron chi connectivity index (χ2n) is 4.97. The number of ether oxygens (including phenoxy) is 1. The molecule has 1 aliphatic heterocycles. The third-order valence-corrected chi connectivity index (χ3v) is 3.71. The highest BCUT2D eigenvalue weighted by molar-refractivity contribution is 5.89. The molecule has 1 aliphatic rings. The van der Waals surface area contributed by atoms with E-state index < -0.39 is 0 Å². The molecule has 0 spiro atoms. The normalized spacial score (nSPS) is 16.8. The number of ketones is 1. The first-order chi connectivity index (χ1) is 9.25. The number of benzene rings is 2. The van der Waals surface area contributed by atoms with Crippen LogP contribution in [0.2, 0.25) is 0 Å². The van der Waals surface area contributed by atoms with E-state index >= 15 is 0 Å². The second-order valence-corrected chi connectivity index (χ2v) is 4.97. The van der Waals surface area contributed by atoms with Crippen LogP contribution in [-0.4, -0.2) is 12.4 Å². The van der Waals surface area contributed by atoms with Gasteiger partial charge in [-0.2, -0.15) is 0 Å². The summed E-state index contributed by atoms with van der Waals surface area (Å²) in [5, 5.41) is 0. The summed E-state index contributed by atoms with van der Waals surface area (Å²) in [6.07, 6.45) is 0.481. The first-order valence-electron chi connectivity index (χ1n) is 6.54. The molecule has 3 rings (SSSR count). The van der Waals surface area contributed by atoms with Crippen LogP contribution in [0.1, 0.15) is 22.6 Å². The van der Waals surface area contributed by atoms with E-state index in [0.717, 1.165) is 16.9 Å². The van der Waals surface area contributed by atoms with Crippen LogP contribution in [0.4, 0.5) is 0 Å². The minimum absolute atomic E-state index is 0.115. The molecule has 96 valence electrons. The molecular formula is C17H16O2. The molecule has 0 amide bonds. The fourth-order valence-electron chi connectivity index (χ4n) is 2.55. The van der Waals surface area contributed by atoms with E-state index in [1.165, 1.54) is 5.56 Å². The van der Waals surface area contributed by atoms with Gasteiger partial charge in [-0.1, -0.05) is 42.5 Å². The van der Waals surface area contributed by atoms with E-state index in [1.54, 1.807) is 0 Å². The smallest absolute Gasteiger partial charge is 0.148 e. The van der Waals surface area contributed by atoms with Crippen molar-refractivity contribution in [1.82, 2.24) is 0 Å². The van der Waals surface area contributed by atoms with Crippen molar-refractivity contribution in [2.75, 3.05) is 6.61 Å². The van der Waals surface area contributed by atoms with Crippen molar-refractivity contribution in [2.45, 2.75) is 19.3 Å². The lowest BCUT2D eigenvalue weighted by Gasteiger charge is -2.09. The number of hydrogen-bond acceptors (Lipinski definition) is 2. The molecule has 0 saturated heterocycles. The summed E-state index contributed by atoms with van der Waals surface area (Å²) >= 11 is 0. The Hall–Kier alpha value is -2.09. The quantitative estimate of drug-likeness (QED) is 0.838. The predicted molar refractivity (Wildman–Crippen MR) is 74.6 cm³/mol. The Kier molecular flexibility index (Phi) is 3.08. The summed E-state index contributed by atoms with van der Waals surface area (Å²) < 4.78 is 5.58. The van der Waals surface area contributed by atoms with Gasteiger partial charge in [0.15, 0.2) is 0 Å². The number of para-hydroxylation sites is 1. The van der Waals surface area contributed by atoms with Gasteiger partial charge in [-0.3, -0.25) is 4.79 Å². The van der Waals surface area contributed by atoms with Crippen molar-refractivity contribution >= 4 is 5.78 Å². The number of Topliss-reactive ketones (excluding diaryl/α,β-unsaturated/α-hetero) is 1. The van der Waals surface area contributed by atoms with Gasteiger partial charge in [-0.05, 0) is 24.1 Å². The number of aryl methyl sites for hydroxylation is 1. The number of carbonyl (C=O) groups excluding carboxylic acids is 1.